The van der Waals surface area contributed by atoms with Crippen molar-refractivity contribution < 1.29 is 10.4 Å². The van der Waals surface area contributed by atoms with Gasteiger partial charge in [0, 0.05) is 32.3 Å². The SMILES string of the molecule is C[SiH2]C1(C(=NO)C2CCCCC2)CCCCC1.ON=C(C1CCCCC1)C1CCCCC1. The molecule has 0 unspecified atom stereocenters. The van der Waals surface area contributed by atoms with Gasteiger partial charge in [-0.25, -0.2) is 0 Å². The average Bonchev–Trinajstić information content (AvgIpc) is 2.88. The van der Waals surface area contributed by atoms with Gasteiger partial charge in [0.05, 0.1) is 11.4 Å². The van der Waals surface area contributed by atoms with E-state index in [-0.39, 0.29) is 9.52 Å². The Bertz CT molecular complexity index is 562. The monoisotopic (exact) mass is 462 g/mol. The normalized spacial score (nSPS) is 26.5. The second-order valence-corrected chi connectivity index (χ2v) is 13.3. The van der Waals surface area contributed by atoms with Crippen LogP contribution in [0.15, 0.2) is 10.3 Å². The van der Waals surface area contributed by atoms with Gasteiger partial charge in [-0.2, -0.15) is 0 Å². The molecule has 0 spiro atoms. The van der Waals surface area contributed by atoms with Crippen LogP contribution in [0, 0.1) is 17.8 Å². The average molecular weight is 463 g/mol. The van der Waals surface area contributed by atoms with Crippen molar-refractivity contribution in [1.82, 2.24) is 0 Å². The van der Waals surface area contributed by atoms with Crippen LogP contribution in [0.4, 0.5) is 0 Å². The predicted molar refractivity (Wildman–Crippen MR) is 138 cm³/mol. The van der Waals surface area contributed by atoms with E-state index in [2.05, 4.69) is 16.9 Å². The first-order chi connectivity index (χ1) is 15.7. The second-order valence-electron chi connectivity index (χ2n) is 11.2. The van der Waals surface area contributed by atoms with Crippen LogP contribution >= 0.6 is 0 Å². The fourth-order valence-corrected chi connectivity index (χ4v) is 9.24. The molecule has 0 heterocycles. The van der Waals surface area contributed by atoms with Crippen molar-refractivity contribution in [1.29, 1.82) is 0 Å². The van der Waals surface area contributed by atoms with E-state index < -0.39 is 0 Å². The summed E-state index contributed by atoms with van der Waals surface area (Å²) in [5, 5.41) is 26.6. The fraction of sp³-hybridized carbons (Fsp3) is 0.926. The minimum absolute atomic E-state index is 0.133. The van der Waals surface area contributed by atoms with Crippen molar-refractivity contribution in [3.63, 3.8) is 0 Å². The highest BCUT2D eigenvalue weighted by molar-refractivity contribution is 6.46. The number of hydrogen-bond donors (Lipinski definition) is 2. The molecule has 0 aromatic carbocycles. The quantitative estimate of drug-likeness (QED) is 0.190. The Morgan fingerprint density at radius 3 is 1.38 bits per heavy atom. The summed E-state index contributed by atoms with van der Waals surface area (Å²) < 4.78 is 0. The molecule has 0 amide bonds. The Balaban J connectivity index is 0.000000182. The molecule has 4 rings (SSSR count). The Morgan fingerprint density at radius 2 is 1.00 bits per heavy atom. The third-order valence-corrected chi connectivity index (χ3v) is 11.7. The van der Waals surface area contributed by atoms with E-state index in [0.717, 1.165) is 5.71 Å². The Kier molecular flexibility index (Phi) is 11.1. The van der Waals surface area contributed by atoms with E-state index in [0.29, 0.717) is 22.8 Å². The van der Waals surface area contributed by atoms with Gasteiger partial charge in [-0.15, -0.1) is 0 Å². The molecule has 4 saturated carbocycles. The number of hydrogen-bond acceptors (Lipinski definition) is 4. The van der Waals surface area contributed by atoms with Crippen LogP contribution < -0.4 is 0 Å². The summed E-state index contributed by atoms with van der Waals surface area (Å²) in [4.78, 5) is 0. The molecule has 0 aromatic rings. The van der Waals surface area contributed by atoms with Crippen LogP contribution in [0.1, 0.15) is 128 Å². The number of oxime groups is 2. The molecule has 5 heteroatoms. The molecule has 2 N–H and O–H groups in total. The first-order valence-electron chi connectivity index (χ1n) is 14.2. The standard InChI is InChI=1S/C14H27NOSi.C13H23NO/c1-17-14(10-6-3-7-11-14)13(15-16)12-8-4-2-5-9-12;15-14-13(11-7-3-1-4-8-11)12-9-5-2-6-10-12/h12,16H,2-11,17H2,1H3;11-12,15H,1-10H2. The minimum Gasteiger partial charge on any atom is -0.411 e. The second kappa shape index (κ2) is 13.8. The van der Waals surface area contributed by atoms with Gasteiger partial charge in [-0.3, -0.25) is 0 Å². The van der Waals surface area contributed by atoms with Gasteiger partial charge in [0.1, 0.15) is 0 Å². The summed E-state index contributed by atoms with van der Waals surface area (Å²) in [5.41, 5.74) is 2.38. The Labute approximate surface area is 199 Å². The highest BCUT2D eigenvalue weighted by Crippen LogP contribution is 2.47. The fourth-order valence-electron chi connectivity index (χ4n) is 7.31. The topological polar surface area (TPSA) is 65.2 Å². The molecular formula is C27H50N2O2Si. The van der Waals surface area contributed by atoms with Crippen LogP contribution in [-0.4, -0.2) is 31.4 Å². The van der Waals surface area contributed by atoms with Gasteiger partial charge in [-0.05, 0) is 51.4 Å². The highest BCUT2D eigenvalue weighted by Gasteiger charge is 2.40. The molecule has 0 saturated heterocycles. The lowest BCUT2D eigenvalue weighted by Crippen LogP contribution is -2.36. The van der Waals surface area contributed by atoms with Gasteiger partial charge in [0.2, 0.25) is 0 Å². The van der Waals surface area contributed by atoms with Gasteiger partial charge >= 0.3 is 0 Å². The van der Waals surface area contributed by atoms with Crippen LogP contribution in [0.3, 0.4) is 0 Å². The van der Waals surface area contributed by atoms with Crippen LogP contribution in [0.25, 0.3) is 0 Å². The molecule has 0 aromatic heterocycles. The summed E-state index contributed by atoms with van der Waals surface area (Å²) >= 11 is 0. The van der Waals surface area contributed by atoms with E-state index in [1.807, 2.05) is 0 Å². The summed E-state index contributed by atoms with van der Waals surface area (Å²) in [6.45, 7) is 2.42. The molecule has 0 aliphatic heterocycles. The third-order valence-electron chi connectivity index (χ3n) is 9.29. The molecule has 0 radical (unpaired) electrons. The van der Waals surface area contributed by atoms with Crippen LogP contribution in [-0.2, 0) is 0 Å². The van der Waals surface area contributed by atoms with Gasteiger partial charge in [-0.1, -0.05) is 93.9 Å². The maximum Gasteiger partial charge on any atom is 0.0632 e. The molecule has 0 bridgehead atoms. The molecule has 32 heavy (non-hydrogen) atoms. The van der Waals surface area contributed by atoms with Crippen molar-refractivity contribution in [2.75, 3.05) is 0 Å². The first kappa shape index (κ1) is 25.8. The lowest BCUT2D eigenvalue weighted by molar-refractivity contribution is 0.295. The van der Waals surface area contributed by atoms with Crippen LogP contribution in [0.5, 0.6) is 0 Å². The molecule has 4 aliphatic rings. The molecule has 0 atom stereocenters. The maximum absolute atomic E-state index is 9.54. The van der Waals surface area contributed by atoms with Crippen molar-refractivity contribution >= 4 is 20.9 Å². The predicted octanol–water partition coefficient (Wildman–Crippen LogP) is 7.71. The van der Waals surface area contributed by atoms with E-state index in [9.17, 15) is 10.4 Å². The first-order valence-corrected chi connectivity index (χ1v) is 16.3. The van der Waals surface area contributed by atoms with Gasteiger partial charge in [0.15, 0.2) is 0 Å². The van der Waals surface area contributed by atoms with E-state index >= 15 is 0 Å². The van der Waals surface area contributed by atoms with E-state index in [1.54, 1.807) is 0 Å². The van der Waals surface area contributed by atoms with Crippen molar-refractivity contribution in [2.45, 2.75) is 140 Å². The van der Waals surface area contributed by atoms with Gasteiger partial charge in [0.25, 0.3) is 0 Å². The lowest BCUT2D eigenvalue weighted by atomic mass is 9.75. The lowest BCUT2D eigenvalue weighted by Gasteiger charge is -2.40. The van der Waals surface area contributed by atoms with Crippen molar-refractivity contribution in [3.8, 4) is 0 Å². The maximum atomic E-state index is 9.54. The summed E-state index contributed by atoms with van der Waals surface area (Å²) in [5.74, 6) is 1.82. The molecule has 4 fully saturated rings. The Morgan fingerprint density at radius 1 is 0.594 bits per heavy atom. The van der Waals surface area contributed by atoms with E-state index in [4.69, 9.17) is 0 Å². The van der Waals surface area contributed by atoms with Crippen molar-refractivity contribution in [3.05, 3.63) is 0 Å². The summed E-state index contributed by atoms with van der Waals surface area (Å²) in [6, 6.07) is 0. The molecule has 4 aliphatic carbocycles. The highest BCUT2D eigenvalue weighted by atomic mass is 28.2. The van der Waals surface area contributed by atoms with Gasteiger partial charge < -0.3 is 10.4 Å². The number of nitrogens with zero attached hydrogens (tertiary/aromatic N) is 2. The van der Waals surface area contributed by atoms with Crippen LogP contribution in [0.2, 0.25) is 11.6 Å². The zero-order valence-electron chi connectivity index (χ0n) is 20.9. The minimum atomic E-state index is -0.133. The largest absolute Gasteiger partial charge is 0.411 e. The molecular weight excluding hydrogens is 412 g/mol. The summed E-state index contributed by atoms with van der Waals surface area (Å²) in [7, 11) is -0.133. The zero-order chi connectivity index (χ0) is 22.7. The number of rotatable bonds is 5. The Hall–Kier alpha value is -0.843. The third kappa shape index (κ3) is 6.83. The van der Waals surface area contributed by atoms with Crippen molar-refractivity contribution in [2.24, 2.45) is 28.1 Å². The molecule has 184 valence electrons. The smallest absolute Gasteiger partial charge is 0.0632 e. The molecule has 4 nitrogen and oxygen atoms in total. The summed E-state index contributed by atoms with van der Waals surface area (Å²) in [6.07, 6.45) is 26.4. The zero-order valence-corrected chi connectivity index (χ0v) is 22.3. The van der Waals surface area contributed by atoms with E-state index in [1.165, 1.54) is 134 Å².